The largest absolute Gasteiger partial charge is 0.384 e. The Labute approximate surface area is 125 Å². The van der Waals surface area contributed by atoms with Gasteiger partial charge in [-0.05, 0) is 17.7 Å². The number of benzene rings is 1. The molecule has 1 aromatic heterocycles. The van der Waals surface area contributed by atoms with Crippen molar-refractivity contribution in [3.05, 3.63) is 51.3 Å². The molecule has 0 saturated carbocycles. The number of nitrogen functional groups attached to an aromatic ring is 1. The van der Waals surface area contributed by atoms with Crippen molar-refractivity contribution in [2.75, 3.05) is 12.8 Å². The van der Waals surface area contributed by atoms with Crippen molar-refractivity contribution in [2.45, 2.75) is 0 Å². The molecule has 0 saturated heterocycles. The predicted octanol–water partition coefficient (Wildman–Crippen LogP) is 0.727. The number of aromatic amines is 1. The van der Waals surface area contributed by atoms with Crippen LogP contribution in [0.3, 0.4) is 0 Å². The zero-order valence-corrected chi connectivity index (χ0v) is 11.6. The summed E-state index contributed by atoms with van der Waals surface area (Å²) in [6.45, 7) is 0. The van der Waals surface area contributed by atoms with Crippen LogP contribution in [0.5, 0.6) is 0 Å². The van der Waals surface area contributed by atoms with E-state index in [1.165, 1.54) is 19.2 Å². The van der Waals surface area contributed by atoms with Crippen molar-refractivity contribution in [1.82, 2.24) is 10.3 Å². The van der Waals surface area contributed by atoms with Crippen LogP contribution in [0.1, 0.15) is 21.5 Å². The zero-order chi connectivity index (χ0) is 16.3. The molecular weight excluding hydrogens is 282 g/mol. The standard InChI is InChI=1S/C15H11N5O2/c1-19-14(21)9-4-2-8(3-5-9)12-10(6-16)13(18)20-15(22)11(12)7-17/h2-5H,1H3,(H,19,21)(H3,18,20,22). The first-order chi connectivity index (χ1) is 10.5. The molecule has 0 radical (unpaired) electrons. The number of nitrogens with two attached hydrogens (primary N) is 1. The van der Waals surface area contributed by atoms with Gasteiger partial charge < -0.3 is 16.0 Å². The molecule has 2 rings (SSSR count). The molecule has 4 N–H and O–H groups in total. The second-order valence-corrected chi connectivity index (χ2v) is 4.37. The first-order valence-corrected chi connectivity index (χ1v) is 6.22. The molecule has 22 heavy (non-hydrogen) atoms. The van der Waals surface area contributed by atoms with Crippen LogP contribution in [-0.4, -0.2) is 17.9 Å². The number of pyridine rings is 1. The molecule has 0 bridgehead atoms. The molecule has 1 heterocycles. The van der Waals surface area contributed by atoms with Crippen molar-refractivity contribution < 1.29 is 4.79 Å². The van der Waals surface area contributed by atoms with E-state index in [0.717, 1.165) is 0 Å². The van der Waals surface area contributed by atoms with Crippen LogP contribution in [0.25, 0.3) is 11.1 Å². The lowest BCUT2D eigenvalue weighted by atomic mass is 9.96. The summed E-state index contributed by atoms with van der Waals surface area (Å²) >= 11 is 0. The normalized spacial score (nSPS) is 9.59. The molecule has 0 fully saturated rings. The highest BCUT2D eigenvalue weighted by molar-refractivity contribution is 5.94. The summed E-state index contributed by atoms with van der Waals surface area (Å²) in [7, 11) is 1.51. The number of nitrogens with zero attached hydrogens (tertiary/aromatic N) is 2. The fraction of sp³-hybridized carbons (Fsp3) is 0.0667. The van der Waals surface area contributed by atoms with Gasteiger partial charge >= 0.3 is 0 Å². The third-order valence-corrected chi connectivity index (χ3v) is 3.13. The van der Waals surface area contributed by atoms with Gasteiger partial charge in [0.05, 0.1) is 0 Å². The highest BCUT2D eigenvalue weighted by Crippen LogP contribution is 2.28. The van der Waals surface area contributed by atoms with Gasteiger partial charge in [-0.15, -0.1) is 0 Å². The van der Waals surface area contributed by atoms with E-state index in [9.17, 15) is 14.9 Å². The Morgan fingerprint density at radius 1 is 1.18 bits per heavy atom. The van der Waals surface area contributed by atoms with E-state index >= 15 is 0 Å². The van der Waals surface area contributed by atoms with Gasteiger partial charge in [0.1, 0.15) is 29.1 Å². The number of carbonyl (C=O) groups excluding carboxylic acids is 1. The Hall–Kier alpha value is -3.58. The maximum atomic E-state index is 11.8. The summed E-state index contributed by atoms with van der Waals surface area (Å²) in [6.07, 6.45) is 0. The fourth-order valence-electron chi connectivity index (χ4n) is 2.06. The number of H-pyrrole nitrogens is 1. The summed E-state index contributed by atoms with van der Waals surface area (Å²) in [5.41, 5.74) is 5.84. The molecule has 0 aliphatic carbocycles. The summed E-state index contributed by atoms with van der Waals surface area (Å²) < 4.78 is 0. The molecule has 1 amide bonds. The fourth-order valence-corrected chi connectivity index (χ4v) is 2.06. The SMILES string of the molecule is CNC(=O)c1ccc(-c2c(C#N)c(N)[nH]c(=O)c2C#N)cc1. The molecule has 1 aromatic carbocycles. The van der Waals surface area contributed by atoms with E-state index < -0.39 is 5.56 Å². The number of carbonyl (C=O) groups is 1. The zero-order valence-electron chi connectivity index (χ0n) is 11.6. The molecule has 0 spiro atoms. The topological polar surface area (TPSA) is 136 Å². The van der Waals surface area contributed by atoms with Crippen molar-refractivity contribution in [3.8, 4) is 23.3 Å². The minimum Gasteiger partial charge on any atom is -0.384 e. The third-order valence-electron chi connectivity index (χ3n) is 3.13. The van der Waals surface area contributed by atoms with E-state index in [1.54, 1.807) is 18.2 Å². The maximum absolute atomic E-state index is 11.8. The van der Waals surface area contributed by atoms with Crippen LogP contribution in [-0.2, 0) is 0 Å². The third kappa shape index (κ3) is 2.39. The average molecular weight is 293 g/mol. The van der Waals surface area contributed by atoms with Gasteiger partial charge in [-0.1, -0.05) is 12.1 Å². The van der Waals surface area contributed by atoms with Gasteiger partial charge in [-0.3, -0.25) is 9.59 Å². The number of nitriles is 2. The lowest BCUT2D eigenvalue weighted by molar-refractivity contribution is 0.0963. The Bertz CT molecular complexity index is 882. The Morgan fingerprint density at radius 2 is 1.77 bits per heavy atom. The predicted molar refractivity (Wildman–Crippen MR) is 79.7 cm³/mol. The van der Waals surface area contributed by atoms with Crippen molar-refractivity contribution in [2.24, 2.45) is 0 Å². The van der Waals surface area contributed by atoms with Crippen molar-refractivity contribution in [1.29, 1.82) is 10.5 Å². The number of amides is 1. The number of nitrogens with one attached hydrogen (secondary N) is 2. The number of hydrogen-bond donors (Lipinski definition) is 3. The summed E-state index contributed by atoms with van der Waals surface area (Å²) in [5.74, 6) is -0.366. The molecule has 0 unspecified atom stereocenters. The number of rotatable bonds is 2. The molecule has 108 valence electrons. The van der Waals surface area contributed by atoms with E-state index in [1.807, 2.05) is 6.07 Å². The van der Waals surface area contributed by atoms with Crippen LogP contribution < -0.4 is 16.6 Å². The summed E-state index contributed by atoms with van der Waals surface area (Å²) in [6, 6.07) is 9.85. The molecule has 0 atom stereocenters. The first kappa shape index (κ1) is 14.8. The second kappa shape index (κ2) is 5.81. The van der Waals surface area contributed by atoms with E-state index in [2.05, 4.69) is 10.3 Å². The Kier molecular flexibility index (Phi) is 3.92. The quantitative estimate of drug-likeness (QED) is 0.749. The van der Waals surface area contributed by atoms with Gasteiger partial charge in [0.15, 0.2) is 0 Å². The number of aromatic nitrogens is 1. The minimum absolute atomic E-state index is 0.0174. The number of hydrogen-bond acceptors (Lipinski definition) is 5. The monoisotopic (exact) mass is 293 g/mol. The molecule has 7 nitrogen and oxygen atoms in total. The van der Waals surface area contributed by atoms with Gasteiger partial charge in [0.2, 0.25) is 0 Å². The Balaban J connectivity index is 2.72. The van der Waals surface area contributed by atoms with Gasteiger partial charge in [-0.25, -0.2) is 0 Å². The van der Waals surface area contributed by atoms with Gasteiger partial charge in [0, 0.05) is 18.2 Å². The highest BCUT2D eigenvalue weighted by atomic mass is 16.1. The van der Waals surface area contributed by atoms with Crippen LogP contribution in [0, 0.1) is 22.7 Å². The van der Waals surface area contributed by atoms with Crippen LogP contribution >= 0.6 is 0 Å². The minimum atomic E-state index is -0.663. The van der Waals surface area contributed by atoms with Crippen molar-refractivity contribution in [3.63, 3.8) is 0 Å². The molecule has 0 aliphatic rings. The van der Waals surface area contributed by atoms with E-state index in [-0.39, 0.29) is 28.4 Å². The molecule has 0 aliphatic heterocycles. The molecule has 2 aromatic rings. The van der Waals surface area contributed by atoms with Crippen LogP contribution in [0.4, 0.5) is 5.82 Å². The Morgan fingerprint density at radius 3 is 2.27 bits per heavy atom. The smallest absolute Gasteiger partial charge is 0.268 e. The van der Waals surface area contributed by atoms with E-state index in [4.69, 9.17) is 11.0 Å². The highest BCUT2D eigenvalue weighted by Gasteiger charge is 2.18. The molecule has 7 heteroatoms. The number of anilines is 1. The second-order valence-electron chi connectivity index (χ2n) is 4.37. The van der Waals surface area contributed by atoms with Gasteiger partial charge in [0.25, 0.3) is 11.5 Å². The summed E-state index contributed by atoms with van der Waals surface area (Å²) in [4.78, 5) is 25.6. The van der Waals surface area contributed by atoms with Gasteiger partial charge in [-0.2, -0.15) is 10.5 Å². The van der Waals surface area contributed by atoms with E-state index in [0.29, 0.717) is 11.1 Å². The molecular formula is C15H11N5O2. The maximum Gasteiger partial charge on any atom is 0.268 e. The van der Waals surface area contributed by atoms with Crippen molar-refractivity contribution >= 4 is 11.7 Å². The lowest BCUT2D eigenvalue weighted by Crippen LogP contribution is -2.18. The lowest BCUT2D eigenvalue weighted by Gasteiger charge is -2.09. The first-order valence-electron chi connectivity index (χ1n) is 6.22. The average Bonchev–Trinajstić information content (AvgIpc) is 2.53. The summed E-state index contributed by atoms with van der Waals surface area (Å²) in [5, 5.41) is 20.9. The van der Waals surface area contributed by atoms with Crippen LogP contribution in [0.15, 0.2) is 29.1 Å². The van der Waals surface area contributed by atoms with Crippen LogP contribution in [0.2, 0.25) is 0 Å².